The Hall–Kier alpha value is -8.78. The first kappa shape index (κ1) is 63.8. The van der Waals surface area contributed by atoms with Crippen LogP contribution in [0.3, 0.4) is 0 Å². The van der Waals surface area contributed by atoms with E-state index in [1.54, 1.807) is 52.4 Å². The third kappa shape index (κ3) is 15.9. The van der Waals surface area contributed by atoms with Gasteiger partial charge in [-0.2, -0.15) is 0 Å². The number of nitrogens with one attached hydrogen (secondary N) is 4. The van der Waals surface area contributed by atoms with Crippen molar-refractivity contribution in [1.29, 1.82) is 0 Å². The second-order valence-electron chi connectivity index (χ2n) is 25.1. The molecule has 2 aromatic heterocycles. The van der Waals surface area contributed by atoms with Crippen molar-refractivity contribution in [3.63, 3.8) is 0 Å². The van der Waals surface area contributed by atoms with Crippen LogP contribution < -0.4 is 45.8 Å². The van der Waals surface area contributed by atoms with Crippen molar-refractivity contribution in [2.45, 2.75) is 101 Å². The van der Waals surface area contributed by atoms with E-state index in [9.17, 15) is 27.6 Å². The van der Waals surface area contributed by atoms with E-state index in [1.807, 2.05) is 47.5 Å². The van der Waals surface area contributed by atoms with Gasteiger partial charge in [0, 0.05) is 186 Å². The van der Waals surface area contributed by atoms with E-state index in [-0.39, 0.29) is 77.5 Å². The summed E-state index contributed by atoms with van der Waals surface area (Å²) in [6.07, 6.45) is 18.5. The predicted octanol–water partition coefficient (Wildman–Crippen LogP) is 9.94. The molecule has 4 N–H and O–H groups in total. The highest BCUT2D eigenvalue weighted by Gasteiger charge is 2.39. The van der Waals surface area contributed by atoms with Gasteiger partial charge in [0.15, 0.2) is 0 Å². The molecule has 17 nitrogen and oxygen atoms in total. The normalized spacial score (nSPS) is 22.6. The van der Waals surface area contributed by atoms with Crippen molar-refractivity contribution >= 4 is 57.8 Å². The number of hydrogen-bond acceptors (Lipinski definition) is 14. The van der Waals surface area contributed by atoms with Crippen molar-refractivity contribution in [3.8, 4) is 0 Å². The molecule has 0 spiro atoms. The van der Waals surface area contributed by atoms with Gasteiger partial charge in [-0.1, -0.05) is 37.9 Å². The highest BCUT2D eigenvalue weighted by atomic mass is 19.1. The lowest BCUT2D eigenvalue weighted by atomic mass is 9.84. The molecule has 91 heavy (non-hydrogen) atoms. The number of allylic oxidation sites excluding steroid dienone is 1. The number of rotatable bonds is 24. The minimum absolute atomic E-state index is 0.0384. The Kier molecular flexibility index (Phi) is 20.6. The van der Waals surface area contributed by atoms with Crippen LogP contribution in [0.4, 0.5) is 53.2 Å². The number of aromatic nitrogens is 2. The standard InChI is InChI=1S/C71H87F3N14O3/c1-6-69(89)83(35-36-87(70(90)7-2)62-40-61(41-62)82(5)55-24-27-75-66(43-55)77-53-19-12-30-84(46-53)56-21-8-16-50(72)37-56)32-14-29-81(4)60-42-64(79-68(45-60)78-54-20-13-31-85(47-54)57-22-9-17-51(73)38-57)63-26-34-86(58-23-10-18-52(74)39-58)48-65(63)80-67-44-59(25-28-76-67)88-33-11-15-49(3)71(88)91/h6-10,16-18,21-25,27-28,37-39,42-45,53-54,61-63,65,68,78-79H,1-3,11-15,19-20,26,29-36,40-41,46-48H2,4-5H3,(H,75,77)(H,76,80)/t53-,54-,61?,62?,63?,65+,68?/m1/s1. The molecule has 5 aromatic rings. The third-order valence-electron chi connectivity index (χ3n) is 19.0. The maximum atomic E-state index is 14.8. The Bertz CT molecular complexity index is 3490. The van der Waals surface area contributed by atoms with Crippen LogP contribution in [-0.2, 0) is 14.4 Å². The number of likely N-dealkylation sites (N-methyl/N-ethyl adjacent to an activating group) is 1. The zero-order chi connectivity index (χ0) is 63.5. The van der Waals surface area contributed by atoms with E-state index in [0.717, 1.165) is 110 Å². The topological polar surface area (TPSA) is 151 Å². The smallest absolute Gasteiger partial charge is 0.253 e. The highest BCUT2D eigenvalue weighted by molar-refractivity contribution is 6.06. The maximum absolute atomic E-state index is 14.8. The van der Waals surface area contributed by atoms with Crippen molar-refractivity contribution in [2.75, 3.05) is 121 Å². The molecule has 0 bridgehead atoms. The van der Waals surface area contributed by atoms with Crippen molar-refractivity contribution < 1.29 is 27.6 Å². The number of nitrogens with zero attached hydrogens (tertiary/aromatic N) is 10. The molecule has 5 atom stereocenters. The summed E-state index contributed by atoms with van der Waals surface area (Å²) in [5.41, 5.74) is 6.88. The number of benzene rings is 3. The summed E-state index contributed by atoms with van der Waals surface area (Å²) in [7, 11) is 4.15. The van der Waals surface area contributed by atoms with Crippen LogP contribution >= 0.6 is 0 Å². The molecular formula is C71H87F3N14O3. The molecule has 1 saturated carbocycles. The van der Waals surface area contributed by atoms with E-state index >= 15 is 0 Å². The second-order valence-corrected chi connectivity index (χ2v) is 25.1. The average Bonchev–Trinajstić information content (AvgIpc) is 1.39. The number of halogens is 3. The highest BCUT2D eigenvalue weighted by Crippen LogP contribution is 2.36. The van der Waals surface area contributed by atoms with Gasteiger partial charge in [-0.15, -0.1) is 0 Å². The summed E-state index contributed by atoms with van der Waals surface area (Å²) in [5.74, 6) is 0.0524. The molecule has 6 aliphatic rings. The molecule has 5 aliphatic heterocycles. The van der Waals surface area contributed by atoms with E-state index in [1.165, 1.54) is 30.4 Å². The number of carbonyl (C=O) groups is 3. The number of amides is 3. The Morgan fingerprint density at radius 3 is 1.96 bits per heavy atom. The van der Waals surface area contributed by atoms with E-state index in [4.69, 9.17) is 4.98 Å². The summed E-state index contributed by atoms with van der Waals surface area (Å²) in [5, 5.41) is 15.3. The van der Waals surface area contributed by atoms with Crippen LogP contribution in [0.2, 0.25) is 0 Å². The fourth-order valence-electron chi connectivity index (χ4n) is 14.0. The monoisotopic (exact) mass is 1240 g/mol. The van der Waals surface area contributed by atoms with Gasteiger partial charge in [0.1, 0.15) is 29.1 Å². The van der Waals surface area contributed by atoms with Crippen LogP contribution in [0, 0.1) is 23.4 Å². The van der Waals surface area contributed by atoms with Gasteiger partial charge in [0.05, 0.1) is 12.2 Å². The second kappa shape index (κ2) is 29.5. The minimum Gasteiger partial charge on any atom is -0.375 e. The van der Waals surface area contributed by atoms with Crippen molar-refractivity contribution in [3.05, 3.63) is 188 Å². The third-order valence-corrected chi connectivity index (χ3v) is 19.0. The van der Waals surface area contributed by atoms with E-state index in [2.05, 4.69) is 103 Å². The first-order valence-corrected chi connectivity index (χ1v) is 32.4. The van der Waals surface area contributed by atoms with Crippen molar-refractivity contribution in [1.82, 2.24) is 35.3 Å². The average molecular weight is 1240 g/mol. The van der Waals surface area contributed by atoms with Gasteiger partial charge in [-0.05, 0) is 155 Å². The summed E-state index contributed by atoms with van der Waals surface area (Å²) < 4.78 is 43.4. The summed E-state index contributed by atoms with van der Waals surface area (Å²) in [4.78, 5) is 66.6. The zero-order valence-corrected chi connectivity index (χ0v) is 52.5. The molecule has 20 heteroatoms. The number of hydrogen-bond donors (Lipinski definition) is 4. The zero-order valence-electron chi connectivity index (χ0n) is 52.5. The summed E-state index contributed by atoms with van der Waals surface area (Å²) in [6, 6.07) is 28.2. The molecular weight excluding hydrogens is 1150 g/mol. The van der Waals surface area contributed by atoms with Gasteiger partial charge in [0.2, 0.25) is 11.8 Å². The Balaban J connectivity index is 0.762. The van der Waals surface area contributed by atoms with Gasteiger partial charge < -0.3 is 55.1 Å². The van der Waals surface area contributed by atoms with Crippen LogP contribution in [0.15, 0.2) is 170 Å². The molecule has 4 saturated heterocycles. The maximum Gasteiger partial charge on any atom is 0.253 e. The molecule has 11 rings (SSSR count). The van der Waals surface area contributed by atoms with Crippen LogP contribution in [0.25, 0.3) is 0 Å². The van der Waals surface area contributed by atoms with Crippen LogP contribution in [0.1, 0.15) is 64.2 Å². The SMILES string of the molecule is C=CC(=O)N(CCCN(C)C1=CC(N[C@@H]2CCCN(c3cccc(F)c3)C2)NC(C2CCN(c3cccc(F)c3)C[C@@H]2Nc2cc(N3CCCC(=C)C3=O)ccn2)=C1)CCN(C(=O)C=C)C1CC(N(C)c2ccnc(N[C@@H]3CCCN(c4cccc(F)c4)C3)c2)C1. The molecule has 3 amide bonds. The van der Waals surface area contributed by atoms with Gasteiger partial charge in [-0.25, -0.2) is 23.1 Å². The molecule has 5 fully saturated rings. The Morgan fingerprint density at radius 2 is 1.30 bits per heavy atom. The van der Waals surface area contributed by atoms with Crippen molar-refractivity contribution in [2.24, 2.45) is 5.92 Å². The number of anilines is 7. The minimum atomic E-state index is -0.305. The quantitative estimate of drug-likeness (QED) is 0.0434. The summed E-state index contributed by atoms with van der Waals surface area (Å²) in [6.45, 7) is 18.3. The first-order valence-electron chi connectivity index (χ1n) is 32.4. The molecule has 2 unspecified atom stereocenters. The largest absolute Gasteiger partial charge is 0.375 e. The van der Waals surface area contributed by atoms with Gasteiger partial charge >= 0.3 is 0 Å². The molecule has 7 heterocycles. The molecule has 3 aromatic carbocycles. The number of pyridine rings is 2. The lowest BCUT2D eigenvalue weighted by Gasteiger charge is -2.47. The van der Waals surface area contributed by atoms with E-state index in [0.29, 0.717) is 83.0 Å². The lowest BCUT2D eigenvalue weighted by Crippen LogP contribution is -2.56. The van der Waals surface area contributed by atoms with Crippen LogP contribution in [0.5, 0.6) is 0 Å². The molecule has 0 radical (unpaired) electrons. The number of carbonyl (C=O) groups excluding carboxylic acids is 3. The Labute approximate surface area is 534 Å². The fourth-order valence-corrected chi connectivity index (χ4v) is 14.0. The van der Waals surface area contributed by atoms with Gasteiger partial charge in [0.25, 0.3) is 5.91 Å². The fraction of sp³-hybridized carbons (Fsp3) is 0.423. The first-order chi connectivity index (χ1) is 44.1. The summed E-state index contributed by atoms with van der Waals surface area (Å²) >= 11 is 0. The Morgan fingerprint density at radius 1 is 0.670 bits per heavy atom. The number of dihydropyridines is 1. The number of piperidine rings is 4. The van der Waals surface area contributed by atoms with E-state index < -0.39 is 0 Å². The lowest BCUT2D eigenvalue weighted by molar-refractivity contribution is -0.133. The predicted molar refractivity (Wildman–Crippen MR) is 358 cm³/mol. The van der Waals surface area contributed by atoms with Crippen LogP contribution in [-0.4, -0.2) is 165 Å². The van der Waals surface area contributed by atoms with Gasteiger partial charge in [-0.3, -0.25) is 19.7 Å². The molecule has 1 aliphatic carbocycles. The molecule has 480 valence electrons.